The molecule has 1 N–H and O–H groups in total. The van der Waals surface area contributed by atoms with Crippen molar-refractivity contribution in [1.29, 1.82) is 0 Å². The van der Waals surface area contributed by atoms with E-state index in [0.29, 0.717) is 11.0 Å². The molecule has 3 aromatic heterocycles. The lowest BCUT2D eigenvalue weighted by Crippen LogP contribution is -2.26. The molecule has 0 aromatic carbocycles. The molecule has 0 fully saturated rings. The summed E-state index contributed by atoms with van der Waals surface area (Å²) in [5.41, 5.74) is 3.18. The summed E-state index contributed by atoms with van der Waals surface area (Å²) in [4.78, 5) is 24.3. The highest BCUT2D eigenvalue weighted by molar-refractivity contribution is 5.73. The average molecular weight is 268 g/mol. The first-order valence-electron chi connectivity index (χ1n) is 6.68. The molecule has 0 amide bonds. The number of pyridine rings is 1. The quantitative estimate of drug-likeness (QED) is 0.793. The van der Waals surface area contributed by atoms with Crippen LogP contribution in [0.25, 0.3) is 11.0 Å². The second-order valence-corrected chi connectivity index (χ2v) is 4.82. The Balaban J connectivity index is 2.19. The molecule has 5 nitrogen and oxygen atoms in total. The topological polar surface area (TPSA) is 63.6 Å². The van der Waals surface area contributed by atoms with Gasteiger partial charge < -0.3 is 4.98 Å². The second kappa shape index (κ2) is 4.92. The SMILES string of the molecule is CCC(c1ncccc1C)n1cnc2cc[nH]c2c1=O. The summed E-state index contributed by atoms with van der Waals surface area (Å²) in [7, 11) is 0. The molecule has 0 aliphatic rings. The molecule has 5 heteroatoms. The van der Waals surface area contributed by atoms with Gasteiger partial charge in [0.1, 0.15) is 5.52 Å². The van der Waals surface area contributed by atoms with Crippen LogP contribution in [0.2, 0.25) is 0 Å². The van der Waals surface area contributed by atoms with Crippen molar-refractivity contribution in [1.82, 2.24) is 19.5 Å². The van der Waals surface area contributed by atoms with Gasteiger partial charge >= 0.3 is 0 Å². The van der Waals surface area contributed by atoms with Crippen molar-refractivity contribution < 1.29 is 0 Å². The smallest absolute Gasteiger partial charge is 0.278 e. The van der Waals surface area contributed by atoms with Gasteiger partial charge in [-0.15, -0.1) is 0 Å². The lowest BCUT2D eigenvalue weighted by atomic mass is 10.1. The van der Waals surface area contributed by atoms with Crippen LogP contribution in [0, 0.1) is 6.92 Å². The van der Waals surface area contributed by atoms with Gasteiger partial charge in [0.05, 0.1) is 23.6 Å². The predicted octanol–water partition coefficient (Wildman–Crippen LogP) is 2.43. The van der Waals surface area contributed by atoms with Crippen LogP contribution in [0.15, 0.2) is 41.7 Å². The maximum absolute atomic E-state index is 12.5. The van der Waals surface area contributed by atoms with Gasteiger partial charge in [0.2, 0.25) is 0 Å². The standard InChI is InChI=1S/C15H16N4O/c1-3-12(13-10(2)5-4-7-16-13)19-9-18-11-6-8-17-14(11)15(19)20/h4-9,12,17H,3H2,1-2H3. The third kappa shape index (κ3) is 1.91. The van der Waals surface area contributed by atoms with Crippen molar-refractivity contribution in [2.45, 2.75) is 26.3 Å². The molecule has 0 radical (unpaired) electrons. The number of nitrogens with zero attached hydrogens (tertiary/aromatic N) is 3. The van der Waals surface area contributed by atoms with Crippen LogP contribution in [0.1, 0.15) is 30.6 Å². The number of aromatic nitrogens is 4. The van der Waals surface area contributed by atoms with Gasteiger partial charge in [0.25, 0.3) is 5.56 Å². The van der Waals surface area contributed by atoms with E-state index in [1.165, 1.54) is 0 Å². The summed E-state index contributed by atoms with van der Waals surface area (Å²) >= 11 is 0. The number of aromatic amines is 1. The van der Waals surface area contributed by atoms with E-state index >= 15 is 0 Å². The van der Waals surface area contributed by atoms with Gasteiger partial charge in [0.15, 0.2) is 0 Å². The Morgan fingerprint density at radius 2 is 2.20 bits per heavy atom. The van der Waals surface area contributed by atoms with Crippen LogP contribution in [0.5, 0.6) is 0 Å². The first kappa shape index (κ1) is 12.6. The summed E-state index contributed by atoms with van der Waals surface area (Å²) in [6.45, 7) is 4.06. The Morgan fingerprint density at radius 1 is 1.35 bits per heavy atom. The van der Waals surface area contributed by atoms with Crippen LogP contribution >= 0.6 is 0 Å². The van der Waals surface area contributed by atoms with E-state index in [1.54, 1.807) is 29.4 Å². The third-order valence-corrected chi connectivity index (χ3v) is 3.58. The van der Waals surface area contributed by atoms with E-state index in [1.807, 2.05) is 26.0 Å². The number of hydrogen-bond donors (Lipinski definition) is 1. The van der Waals surface area contributed by atoms with Crippen LogP contribution in [0.4, 0.5) is 0 Å². The van der Waals surface area contributed by atoms with Crippen molar-refractivity contribution in [3.8, 4) is 0 Å². The van der Waals surface area contributed by atoms with Gasteiger partial charge in [-0.2, -0.15) is 0 Å². The minimum Gasteiger partial charge on any atom is -0.355 e. The van der Waals surface area contributed by atoms with E-state index in [9.17, 15) is 4.79 Å². The Kier molecular flexibility index (Phi) is 3.10. The largest absolute Gasteiger partial charge is 0.355 e. The zero-order valence-corrected chi connectivity index (χ0v) is 11.5. The van der Waals surface area contributed by atoms with Gasteiger partial charge in [-0.05, 0) is 31.0 Å². The average Bonchev–Trinajstić information content (AvgIpc) is 2.93. The molecule has 3 aromatic rings. The molecular formula is C15H16N4O. The van der Waals surface area contributed by atoms with Crippen LogP contribution in [0.3, 0.4) is 0 Å². The third-order valence-electron chi connectivity index (χ3n) is 3.58. The number of fused-ring (bicyclic) bond motifs is 1. The molecule has 0 spiro atoms. The Labute approximate surface area is 116 Å². The molecule has 0 aliphatic heterocycles. The highest BCUT2D eigenvalue weighted by Gasteiger charge is 2.18. The molecule has 0 bridgehead atoms. The number of aryl methyl sites for hydroxylation is 1. The maximum atomic E-state index is 12.5. The van der Waals surface area contributed by atoms with Gasteiger partial charge in [0, 0.05) is 12.4 Å². The van der Waals surface area contributed by atoms with E-state index in [-0.39, 0.29) is 11.6 Å². The maximum Gasteiger partial charge on any atom is 0.278 e. The molecule has 3 rings (SSSR count). The molecule has 1 unspecified atom stereocenters. The van der Waals surface area contributed by atoms with Crippen LogP contribution in [-0.4, -0.2) is 19.5 Å². The zero-order chi connectivity index (χ0) is 14.1. The Bertz CT molecular complexity index is 803. The monoisotopic (exact) mass is 268 g/mol. The van der Waals surface area contributed by atoms with Crippen LogP contribution < -0.4 is 5.56 Å². The summed E-state index contributed by atoms with van der Waals surface area (Å²) in [6.07, 6.45) is 5.89. The van der Waals surface area contributed by atoms with E-state index in [4.69, 9.17) is 0 Å². The van der Waals surface area contributed by atoms with E-state index in [0.717, 1.165) is 17.7 Å². The minimum atomic E-state index is -0.0936. The molecule has 0 saturated carbocycles. The highest BCUT2D eigenvalue weighted by Crippen LogP contribution is 2.21. The zero-order valence-electron chi connectivity index (χ0n) is 11.5. The summed E-state index contributed by atoms with van der Waals surface area (Å²) < 4.78 is 1.66. The number of H-pyrrole nitrogens is 1. The Morgan fingerprint density at radius 3 is 2.95 bits per heavy atom. The molecule has 102 valence electrons. The fourth-order valence-corrected chi connectivity index (χ4v) is 2.54. The molecular weight excluding hydrogens is 252 g/mol. The van der Waals surface area contributed by atoms with Crippen molar-refractivity contribution in [2.24, 2.45) is 0 Å². The number of nitrogens with one attached hydrogen (secondary N) is 1. The number of rotatable bonds is 3. The number of hydrogen-bond acceptors (Lipinski definition) is 3. The fraction of sp³-hybridized carbons (Fsp3) is 0.267. The van der Waals surface area contributed by atoms with Crippen molar-refractivity contribution >= 4 is 11.0 Å². The normalized spacial score (nSPS) is 12.7. The molecule has 0 saturated heterocycles. The molecule has 0 aliphatic carbocycles. The molecule has 20 heavy (non-hydrogen) atoms. The summed E-state index contributed by atoms with van der Waals surface area (Å²) in [5, 5.41) is 0. The van der Waals surface area contributed by atoms with E-state index in [2.05, 4.69) is 15.0 Å². The Hall–Kier alpha value is -2.43. The van der Waals surface area contributed by atoms with Crippen LogP contribution in [-0.2, 0) is 0 Å². The molecule has 1 atom stereocenters. The lowest BCUT2D eigenvalue weighted by Gasteiger charge is -2.18. The summed E-state index contributed by atoms with van der Waals surface area (Å²) in [5.74, 6) is 0. The van der Waals surface area contributed by atoms with Gasteiger partial charge in [-0.25, -0.2) is 4.98 Å². The highest BCUT2D eigenvalue weighted by atomic mass is 16.1. The minimum absolute atomic E-state index is 0.0584. The fourth-order valence-electron chi connectivity index (χ4n) is 2.54. The lowest BCUT2D eigenvalue weighted by molar-refractivity contribution is 0.528. The van der Waals surface area contributed by atoms with E-state index < -0.39 is 0 Å². The van der Waals surface area contributed by atoms with Gasteiger partial charge in [-0.3, -0.25) is 14.3 Å². The van der Waals surface area contributed by atoms with Crippen molar-refractivity contribution in [3.05, 3.63) is 58.5 Å². The first-order valence-corrected chi connectivity index (χ1v) is 6.68. The predicted molar refractivity (Wildman–Crippen MR) is 77.8 cm³/mol. The van der Waals surface area contributed by atoms with Crippen molar-refractivity contribution in [3.63, 3.8) is 0 Å². The molecule has 3 heterocycles. The first-order chi connectivity index (χ1) is 9.72. The second-order valence-electron chi connectivity index (χ2n) is 4.82. The van der Waals surface area contributed by atoms with Crippen molar-refractivity contribution in [2.75, 3.05) is 0 Å². The summed E-state index contributed by atoms with van der Waals surface area (Å²) in [6, 6.07) is 5.62. The van der Waals surface area contributed by atoms with Gasteiger partial charge in [-0.1, -0.05) is 13.0 Å².